The molecular formula is C17H14N2O4S. The Hall–Kier alpha value is -2.93. The lowest BCUT2D eigenvalue weighted by molar-refractivity contribution is -0.122. The summed E-state index contributed by atoms with van der Waals surface area (Å²) in [5, 5.41) is 2.54. The van der Waals surface area contributed by atoms with Crippen LogP contribution in [-0.2, 0) is 9.59 Å². The molecule has 1 aliphatic heterocycles. The first-order valence-corrected chi connectivity index (χ1v) is 7.69. The number of hydrogen-bond acceptors (Lipinski definition) is 5. The fraction of sp³-hybridized carbons (Fsp3) is 0.118. The minimum Gasteiger partial charge on any atom is -0.494 e. The minimum absolute atomic E-state index is 0.0234. The minimum atomic E-state index is -0.557. The van der Waals surface area contributed by atoms with Crippen molar-refractivity contribution in [3.63, 3.8) is 0 Å². The van der Waals surface area contributed by atoms with Gasteiger partial charge < -0.3 is 9.15 Å². The van der Waals surface area contributed by atoms with E-state index in [1.54, 1.807) is 36.4 Å². The number of hydrogen-bond donors (Lipinski definition) is 1. The van der Waals surface area contributed by atoms with Gasteiger partial charge in [0.1, 0.15) is 17.1 Å². The Morgan fingerprint density at radius 1 is 1.29 bits per heavy atom. The average molecular weight is 342 g/mol. The molecule has 122 valence electrons. The maximum absolute atomic E-state index is 12.8. The number of nitrogens with one attached hydrogen (secondary N) is 1. The number of anilines is 1. The van der Waals surface area contributed by atoms with Crippen molar-refractivity contribution in [2.24, 2.45) is 0 Å². The van der Waals surface area contributed by atoms with Gasteiger partial charge in [-0.2, -0.15) is 0 Å². The van der Waals surface area contributed by atoms with Crippen molar-refractivity contribution < 1.29 is 18.7 Å². The van der Waals surface area contributed by atoms with Crippen molar-refractivity contribution in [2.75, 3.05) is 11.5 Å². The molecule has 1 fully saturated rings. The first-order valence-electron chi connectivity index (χ1n) is 7.28. The van der Waals surface area contributed by atoms with E-state index in [1.165, 1.54) is 17.2 Å². The molecule has 0 unspecified atom stereocenters. The third kappa shape index (κ3) is 3.07. The molecule has 0 aliphatic carbocycles. The summed E-state index contributed by atoms with van der Waals surface area (Å²) in [6.45, 7) is 2.37. The Morgan fingerprint density at radius 3 is 2.83 bits per heavy atom. The molecule has 0 radical (unpaired) electrons. The number of thiocarbonyl (C=S) groups is 1. The largest absolute Gasteiger partial charge is 0.494 e. The van der Waals surface area contributed by atoms with Gasteiger partial charge in [-0.05, 0) is 49.5 Å². The molecule has 0 spiro atoms. The number of ether oxygens (including phenoxy) is 1. The molecular weight excluding hydrogens is 328 g/mol. The van der Waals surface area contributed by atoms with Crippen molar-refractivity contribution in [3.8, 4) is 5.75 Å². The van der Waals surface area contributed by atoms with Gasteiger partial charge in [0.05, 0.1) is 18.6 Å². The Labute approximate surface area is 143 Å². The molecule has 3 rings (SSSR count). The Kier molecular flexibility index (Phi) is 4.43. The highest BCUT2D eigenvalue weighted by Crippen LogP contribution is 2.25. The van der Waals surface area contributed by atoms with Crippen molar-refractivity contribution >= 4 is 40.9 Å². The summed E-state index contributed by atoms with van der Waals surface area (Å²) in [6.07, 6.45) is 2.85. The highest BCUT2D eigenvalue weighted by atomic mass is 32.1. The highest BCUT2D eigenvalue weighted by Gasteiger charge is 2.34. The van der Waals surface area contributed by atoms with Gasteiger partial charge >= 0.3 is 0 Å². The fourth-order valence-corrected chi connectivity index (χ4v) is 2.57. The first kappa shape index (κ1) is 15.9. The van der Waals surface area contributed by atoms with Crippen molar-refractivity contribution in [1.82, 2.24) is 5.32 Å². The van der Waals surface area contributed by atoms with Gasteiger partial charge in [-0.3, -0.25) is 19.8 Å². The summed E-state index contributed by atoms with van der Waals surface area (Å²) in [6, 6.07) is 10.3. The predicted molar refractivity (Wildman–Crippen MR) is 92.5 cm³/mol. The van der Waals surface area contributed by atoms with Crippen LogP contribution in [-0.4, -0.2) is 23.5 Å². The Morgan fingerprint density at radius 2 is 2.12 bits per heavy atom. The van der Waals surface area contributed by atoms with Gasteiger partial charge in [0, 0.05) is 6.07 Å². The van der Waals surface area contributed by atoms with Crippen LogP contribution >= 0.6 is 12.2 Å². The van der Waals surface area contributed by atoms with Crippen LogP contribution in [0.2, 0.25) is 0 Å². The molecule has 1 aliphatic rings. The van der Waals surface area contributed by atoms with E-state index in [0.717, 1.165) is 0 Å². The molecule has 0 bridgehead atoms. The van der Waals surface area contributed by atoms with E-state index in [0.29, 0.717) is 23.8 Å². The fourth-order valence-electron chi connectivity index (χ4n) is 2.29. The number of carbonyl (C=O) groups is 2. The number of rotatable bonds is 4. The van der Waals surface area contributed by atoms with Crippen LogP contribution in [0.1, 0.15) is 12.7 Å². The summed E-state index contributed by atoms with van der Waals surface area (Å²) >= 11 is 5.15. The van der Waals surface area contributed by atoms with Crippen LogP contribution in [0.5, 0.6) is 5.75 Å². The van der Waals surface area contributed by atoms with Gasteiger partial charge in [-0.15, -0.1) is 0 Å². The van der Waals surface area contributed by atoms with E-state index >= 15 is 0 Å². The van der Waals surface area contributed by atoms with E-state index in [4.69, 9.17) is 21.4 Å². The predicted octanol–water partition coefficient (Wildman–Crippen LogP) is 2.51. The zero-order valence-electron chi connectivity index (χ0n) is 12.8. The number of carbonyl (C=O) groups excluding carboxylic acids is 2. The van der Waals surface area contributed by atoms with Crippen LogP contribution in [0, 0.1) is 0 Å². The van der Waals surface area contributed by atoms with Gasteiger partial charge in [0.2, 0.25) is 0 Å². The zero-order chi connectivity index (χ0) is 17.1. The van der Waals surface area contributed by atoms with Crippen LogP contribution < -0.4 is 15.0 Å². The molecule has 0 atom stereocenters. The van der Waals surface area contributed by atoms with Crippen molar-refractivity contribution in [1.29, 1.82) is 0 Å². The SMILES string of the molecule is CCOc1cccc(N2C(=O)/C(=C/c3ccco3)C(=O)NC2=S)c1. The van der Waals surface area contributed by atoms with Gasteiger partial charge in [-0.25, -0.2) is 0 Å². The first-order chi connectivity index (χ1) is 11.6. The normalized spacial score (nSPS) is 16.5. The summed E-state index contributed by atoms with van der Waals surface area (Å²) in [7, 11) is 0. The molecule has 0 saturated carbocycles. The summed E-state index contributed by atoms with van der Waals surface area (Å²) < 4.78 is 10.6. The molecule has 2 aromatic rings. The quantitative estimate of drug-likeness (QED) is 0.525. The van der Waals surface area contributed by atoms with E-state index in [1.807, 2.05) is 6.92 Å². The molecule has 1 N–H and O–H groups in total. The maximum atomic E-state index is 12.8. The molecule has 1 aromatic carbocycles. The lowest BCUT2D eigenvalue weighted by Gasteiger charge is -2.29. The number of furan rings is 1. The molecule has 1 aromatic heterocycles. The lowest BCUT2D eigenvalue weighted by Crippen LogP contribution is -2.54. The molecule has 2 amide bonds. The molecule has 7 heteroatoms. The molecule has 1 saturated heterocycles. The number of benzene rings is 1. The number of nitrogens with zero attached hydrogens (tertiary/aromatic N) is 1. The summed E-state index contributed by atoms with van der Waals surface area (Å²) in [5.41, 5.74) is 0.460. The zero-order valence-corrected chi connectivity index (χ0v) is 13.6. The van der Waals surface area contributed by atoms with E-state index in [9.17, 15) is 9.59 Å². The van der Waals surface area contributed by atoms with Crippen molar-refractivity contribution in [3.05, 3.63) is 54.0 Å². The third-order valence-corrected chi connectivity index (χ3v) is 3.60. The van der Waals surface area contributed by atoms with Crippen LogP contribution in [0.4, 0.5) is 5.69 Å². The van der Waals surface area contributed by atoms with Crippen LogP contribution in [0.15, 0.2) is 52.7 Å². The topological polar surface area (TPSA) is 71.8 Å². The third-order valence-electron chi connectivity index (χ3n) is 3.32. The highest BCUT2D eigenvalue weighted by molar-refractivity contribution is 7.80. The van der Waals surface area contributed by atoms with Gasteiger partial charge in [-0.1, -0.05) is 6.07 Å². The van der Waals surface area contributed by atoms with Crippen molar-refractivity contribution in [2.45, 2.75) is 6.92 Å². The summed E-state index contributed by atoms with van der Waals surface area (Å²) in [4.78, 5) is 26.1. The monoisotopic (exact) mass is 342 g/mol. The Bertz CT molecular complexity index is 827. The van der Waals surface area contributed by atoms with E-state index in [2.05, 4.69) is 5.32 Å². The molecule has 2 heterocycles. The van der Waals surface area contributed by atoms with Crippen LogP contribution in [0.25, 0.3) is 6.08 Å². The van der Waals surface area contributed by atoms with Gasteiger partial charge in [0.25, 0.3) is 11.8 Å². The number of amides is 2. The summed E-state index contributed by atoms with van der Waals surface area (Å²) in [5.74, 6) is -0.0594. The van der Waals surface area contributed by atoms with Gasteiger partial charge in [0.15, 0.2) is 5.11 Å². The smallest absolute Gasteiger partial charge is 0.270 e. The Balaban J connectivity index is 1.98. The van der Waals surface area contributed by atoms with E-state index in [-0.39, 0.29) is 10.7 Å². The lowest BCUT2D eigenvalue weighted by atomic mass is 10.1. The second-order valence-electron chi connectivity index (χ2n) is 4.90. The maximum Gasteiger partial charge on any atom is 0.270 e. The molecule has 6 nitrogen and oxygen atoms in total. The average Bonchev–Trinajstić information content (AvgIpc) is 3.05. The van der Waals surface area contributed by atoms with E-state index < -0.39 is 11.8 Å². The second kappa shape index (κ2) is 6.67. The molecule has 24 heavy (non-hydrogen) atoms. The second-order valence-corrected chi connectivity index (χ2v) is 5.29. The standard InChI is InChI=1S/C17H14N2O4S/c1-2-22-12-6-3-5-11(9-12)19-16(21)14(15(20)18-17(19)24)10-13-7-4-8-23-13/h3-10H,2H2,1H3,(H,18,20,24)/b14-10+. The van der Waals surface area contributed by atoms with Crippen LogP contribution in [0.3, 0.4) is 0 Å².